The van der Waals surface area contributed by atoms with Crippen molar-refractivity contribution in [3.8, 4) is 17.8 Å². The molecule has 12 heteroatoms. The highest BCUT2D eigenvalue weighted by Crippen LogP contribution is 2.25. The Morgan fingerprint density at radius 3 is 2.70 bits per heavy atom. The van der Waals surface area contributed by atoms with E-state index in [1.165, 1.54) is 12.1 Å². The van der Waals surface area contributed by atoms with E-state index in [-0.39, 0.29) is 18.3 Å². The minimum atomic E-state index is -0.994. The molecule has 0 radical (unpaired) electrons. The smallest absolute Gasteiger partial charge is 0.328 e. The molecule has 47 heavy (non-hydrogen) atoms. The van der Waals surface area contributed by atoms with E-state index in [1.807, 2.05) is 36.8 Å². The predicted octanol–water partition coefficient (Wildman–Crippen LogP) is 5.43. The maximum absolute atomic E-state index is 14.2. The maximum atomic E-state index is 14.2. The van der Waals surface area contributed by atoms with Gasteiger partial charge in [0.15, 0.2) is 0 Å². The van der Waals surface area contributed by atoms with Gasteiger partial charge in [-0.2, -0.15) is 10.2 Å². The minimum absolute atomic E-state index is 0.0156. The van der Waals surface area contributed by atoms with Crippen LogP contribution in [0.2, 0.25) is 0 Å². The lowest BCUT2D eigenvalue weighted by Gasteiger charge is -2.31. The topological polar surface area (TPSA) is 131 Å². The quantitative estimate of drug-likeness (QED) is 0.178. The number of piperidine rings is 1. The molecule has 11 nitrogen and oxygen atoms in total. The molecule has 6 rings (SSSR count). The van der Waals surface area contributed by atoms with Crippen molar-refractivity contribution in [2.24, 2.45) is 0 Å². The third-order valence-electron chi connectivity index (χ3n) is 8.17. The Bertz CT molecular complexity index is 1950. The lowest BCUT2D eigenvalue weighted by atomic mass is 10.1. The Morgan fingerprint density at radius 2 is 1.94 bits per heavy atom. The van der Waals surface area contributed by atoms with Crippen LogP contribution in [0.4, 0.5) is 4.39 Å². The summed E-state index contributed by atoms with van der Waals surface area (Å²) in [7, 11) is 0. The number of hydrogen-bond donors (Lipinski definition) is 1. The number of carbonyl (C=O) groups is 1. The van der Waals surface area contributed by atoms with Gasteiger partial charge in [-0.3, -0.25) is 4.90 Å². The molecule has 240 valence electrons. The molecule has 0 saturated carbocycles. The fourth-order valence-corrected chi connectivity index (χ4v) is 5.67. The van der Waals surface area contributed by atoms with E-state index in [2.05, 4.69) is 30.9 Å². The number of nitrogens with zero attached hydrogens (tertiary/aromatic N) is 7. The molecular formula is C35H34FN7O4. The van der Waals surface area contributed by atoms with E-state index in [4.69, 9.17) is 24.8 Å². The summed E-state index contributed by atoms with van der Waals surface area (Å²) in [4.78, 5) is 27.2. The van der Waals surface area contributed by atoms with Crippen LogP contribution in [-0.4, -0.2) is 59.3 Å². The van der Waals surface area contributed by atoms with E-state index in [0.29, 0.717) is 30.4 Å². The van der Waals surface area contributed by atoms with Crippen molar-refractivity contribution in [2.75, 3.05) is 13.1 Å². The Hall–Kier alpha value is -5.54. The number of benzene rings is 2. The Labute approximate surface area is 271 Å². The molecule has 0 atom stereocenters. The lowest BCUT2D eigenvalue weighted by Crippen LogP contribution is -2.38. The van der Waals surface area contributed by atoms with E-state index in [0.717, 1.165) is 66.7 Å². The number of imidazole rings is 2. The average Bonchev–Trinajstić information content (AvgIpc) is 3.67. The van der Waals surface area contributed by atoms with Crippen LogP contribution < -0.4 is 9.47 Å². The van der Waals surface area contributed by atoms with E-state index in [1.54, 1.807) is 30.3 Å². The molecule has 0 aliphatic carbocycles. The van der Waals surface area contributed by atoms with Crippen molar-refractivity contribution < 1.29 is 23.8 Å². The van der Waals surface area contributed by atoms with Gasteiger partial charge in [-0.1, -0.05) is 18.2 Å². The first-order valence-corrected chi connectivity index (χ1v) is 15.4. The van der Waals surface area contributed by atoms with Gasteiger partial charge < -0.3 is 23.7 Å². The number of carboxylic acids is 1. The number of carboxylic acid groups (broad SMARTS) is 1. The van der Waals surface area contributed by atoms with Gasteiger partial charge in [0.25, 0.3) is 0 Å². The SMILES string of the molecule is CCn1cncc1Cn1c(CN2CCC(Oc3cccc(OCc4ccc(C#N)cc4F)n3)CC2)nc2ccc(/C=C/C(=O)O)cc21. The van der Waals surface area contributed by atoms with Crippen LogP contribution >= 0.6 is 0 Å². The lowest BCUT2D eigenvalue weighted by molar-refractivity contribution is -0.131. The van der Waals surface area contributed by atoms with Gasteiger partial charge in [-0.15, -0.1) is 0 Å². The molecule has 3 aromatic heterocycles. The molecular weight excluding hydrogens is 601 g/mol. The fraction of sp³-hybridized carbons (Fsp3) is 0.286. The number of halogens is 1. The van der Waals surface area contributed by atoms with Gasteiger partial charge in [-0.05, 0) is 55.7 Å². The number of fused-ring (bicyclic) bond motifs is 1. The highest BCUT2D eigenvalue weighted by molar-refractivity contribution is 5.87. The molecule has 0 spiro atoms. The summed E-state index contributed by atoms with van der Waals surface area (Å²) in [6.45, 7) is 5.72. The Kier molecular flexibility index (Phi) is 9.54. The number of aliphatic carboxylic acids is 1. The zero-order valence-electron chi connectivity index (χ0n) is 25.9. The first-order chi connectivity index (χ1) is 22.9. The van der Waals surface area contributed by atoms with Crippen LogP contribution in [0.1, 0.15) is 48.0 Å². The van der Waals surface area contributed by atoms with Crippen molar-refractivity contribution in [3.63, 3.8) is 0 Å². The number of hydrogen-bond acceptors (Lipinski definition) is 8. The minimum Gasteiger partial charge on any atom is -0.478 e. The van der Waals surface area contributed by atoms with Gasteiger partial charge >= 0.3 is 5.97 Å². The third kappa shape index (κ3) is 7.65. The summed E-state index contributed by atoms with van der Waals surface area (Å²) in [5.41, 5.74) is 4.23. The maximum Gasteiger partial charge on any atom is 0.328 e. The van der Waals surface area contributed by atoms with Gasteiger partial charge in [0, 0.05) is 49.6 Å². The summed E-state index contributed by atoms with van der Waals surface area (Å²) in [6, 6.07) is 17.3. The van der Waals surface area contributed by atoms with Gasteiger partial charge in [0.1, 0.15) is 24.4 Å². The number of pyridine rings is 1. The Balaban J connectivity index is 1.10. The molecule has 1 fully saturated rings. The molecule has 1 aliphatic heterocycles. The molecule has 0 amide bonds. The van der Waals surface area contributed by atoms with Crippen molar-refractivity contribution in [1.29, 1.82) is 5.26 Å². The second kappa shape index (κ2) is 14.3. The van der Waals surface area contributed by atoms with Crippen molar-refractivity contribution in [1.82, 2.24) is 29.0 Å². The van der Waals surface area contributed by atoms with Crippen molar-refractivity contribution >= 4 is 23.1 Å². The van der Waals surface area contributed by atoms with E-state index in [9.17, 15) is 9.18 Å². The van der Waals surface area contributed by atoms with Crippen LogP contribution in [0.5, 0.6) is 11.8 Å². The zero-order chi connectivity index (χ0) is 32.8. The number of rotatable bonds is 12. The summed E-state index contributed by atoms with van der Waals surface area (Å²) >= 11 is 0. The van der Waals surface area contributed by atoms with Crippen LogP contribution in [0.15, 0.2) is 73.2 Å². The number of aryl methyl sites for hydroxylation is 1. The van der Waals surface area contributed by atoms with Crippen LogP contribution in [0.3, 0.4) is 0 Å². The second-order valence-electron chi connectivity index (χ2n) is 11.3. The summed E-state index contributed by atoms with van der Waals surface area (Å²) < 4.78 is 30.5. The Morgan fingerprint density at radius 1 is 1.11 bits per heavy atom. The van der Waals surface area contributed by atoms with E-state index >= 15 is 0 Å². The molecule has 5 aromatic rings. The summed E-state index contributed by atoms with van der Waals surface area (Å²) in [5.74, 6) is 0.209. The van der Waals surface area contributed by atoms with Crippen LogP contribution in [0, 0.1) is 17.1 Å². The monoisotopic (exact) mass is 635 g/mol. The molecule has 1 N–H and O–H groups in total. The molecule has 0 unspecified atom stereocenters. The molecule has 4 heterocycles. The first kappa shape index (κ1) is 31.4. The second-order valence-corrected chi connectivity index (χ2v) is 11.3. The highest BCUT2D eigenvalue weighted by atomic mass is 19.1. The first-order valence-electron chi connectivity index (χ1n) is 15.4. The highest BCUT2D eigenvalue weighted by Gasteiger charge is 2.24. The number of ether oxygens (including phenoxy) is 2. The van der Waals surface area contributed by atoms with E-state index < -0.39 is 11.8 Å². The average molecular weight is 636 g/mol. The van der Waals surface area contributed by atoms with Crippen molar-refractivity contribution in [2.45, 2.75) is 52.1 Å². The normalized spacial score (nSPS) is 14.1. The fourth-order valence-electron chi connectivity index (χ4n) is 5.67. The molecule has 0 bridgehead atoms. The number of nitriles is 1. The molecule has 2 aromatic carbocycles. The van der Waals surface area contributed by atoms with Crippen molar-refractivity contribution in [3.05, 3.63) is 107 Å². The molecule has 1 saturated heterocycles. The largest absolute Gasteiger partial charge is 0.478 e. The van der Waals surface area contributed by atoms with Gasteiger partial charge in [0.2, 0.25) is 11.8 Å². The number of likely N-dealkylation sites (tertiary alicyclic amines) is 1. The summed E-state index contributed by atoms with van der Waals surface area (Å²) in [6.07, 6.45) is 8.00. The summed E-state index contributed by atoms with van der Waals surface area (Å²) in [5, 5.41) is 18.0. The predicted molar refractivity (Wildman–Crippen MR) is 172 cm³/mol. The standard InChI is InChI=1S/C35H34FN7O4/c1-2-42-23-38-19-27(42)20-43-31-17-24(8-11-35(44)45)7-10-30(31)39-32(43)21-41-14-12-28(13-15-41)47-34-5-3-4-33(40-34)46-22-26-9-6-25(18-37)16-29(26)36/h3-11,16-17,19,23,28H,2,12-15,20-22H2,1H3,(H,44,45)/b11-8+. The van der Waals surface area contributed by atoms with Gasteiger partial charge in [0.05, 0.1) is 47.8 Å². The van der Waals surface area contributed by atoms with Crippen LogP contribution in [-0.2, 0) is 31.0 Å². The number of aromatic nitrogens is 5. The third-order valence-corrected chi connectivity index (χ3v) is 8.17. The van der Waals surface area contributed by atoms with Crippen LogP contribution in [0.25, 0.3) is 17.1 Å². The molecule has 1 aliphatic rings. The van der Waals surface area contributed by atoms with Gasteiger partial charge in [-0.25, -0.2) is 19.2 Å². The zero-order valence-corrected chi connectivity index (χ0v) is 25.9.